The fraction of sp³-hybridized carbons (Fsp3) is 0.385. The molecule has 0 fully saturated rings. The van der Waals surface area contributed by atoms with Gasteiger partial charge in [0.05, 0.1) is 16.1 Å². The van der Waals surface area contributed by atoms with Crippen LogP contribution < -0.4 is 0 Å². The van der Waals surface area contributed by atoms with Gasteiger partial charge in [0.1, 0.15) is 6.10 Å². The summed E-state index contributed by atoms with van der Waals surface area (Å²) in [6.45, 7) is 1.96. The number of alkyl halides is 3. The summed E-state index contributed by atoms with van der Waals surface area (Å²) in [7, 11) is 0. The molecule has 1 aromatic carbocycles. The maximum Gasteiger partial charge on any atom is 0.416 e. The lowest BCUT2D eigenvalue weighted by Gasteiger charge is -2.13. The predicted octanol–water partition coefficient (Wildman–Crippen LogP) is 3.59. The first-order chi connectivity index (χ1) is 9.43. The van der Waals surface area contributed by atoms with Crippen molar-refractivity contribution in [2.75, 3.05) is 0 Å². The summed E-state index contributed by atoms with van der Waals surface area (Å²) >= 11 is 1.01. The molecule has 108 valence electrons. The lowest BCUT2D eigenvalue weighted by Crippen LogP contribution is -2.07. The summed E-state index contributed by atoms with van der Waals surface area (Å²) in [6.07, 6.45) is -4.08. The van der Waals surface area contributed by atoms with Gasteiger partial charge in [-0.1, -0.05) is 30.0 Å². The molecule has 1 aromatic heterocycles. The molecule has 0 radical (unpaired) electrons. The highest BCUT2D eigenvalue weighted by Crippen LogP contribution is 2.33. The highest BCUT2D eigenvalue weighted by molar-refractivity contribution is 7.05. The fourth-order valence-corrected chi connectivity index (χ4v) is 2.58. The minimum Gasteiger partial charge on any atom is -0.383 e. The van der Waals surface area contributed by atoms with Crippen LogP contribution in [-0.2, 0) is 12.6 Å². The molecule has 0 spiro atoms. The Bertz CT molecular complexity index is 583. The van der Waals surface area contributed by atoms with Crippen molar-refractivity contribution in [1.29, 1.82) is 0 Å². The zero-order chi connectivity index (χ0) is 14.8. The van der Waals surface area contributed by atoms with Crippen molar-refractivity contribution in [2.45, 2.75) is 32.0 Å². The average molecular weight is 302 g/mol. The van der Waals surface area contributed by atoms with E-state index >= 15 is 0 Å². The molecule has 0 aliphatic carbocycles. The van der Waals surface area contributed by atoms with Gasteiger partial charge in [-0.3, -0.25) is 0 Å². The Labute approximate surface area is 118 Å². The van der Waals surface area contributed by atoms with Crippen molar-refractivity contribution >= 4 is 11.5 Å². The highest BCUT2D eigenvalue weighted by atomic mass is 32.1. The van der Waals surface area contributed by atoms with E-state index in [9.17, 15) is 18.3 Å². The third kappa shape index (κ3) is 3.16. The highest BCUT2D eigenvalue weighted by Gasteiger charge is 2.31. The third-order valence-electron chi connectivity index (χ3n) is 2.85. The molecule has 2 aromatic rings. The first-order valence-corrected chi connectivity index (χ1v) is 6.87. The van der Waals surface area contributed by atoms with E-state index in [4.69, 9.17) is 0 Å². The number of aromatic nitrogens is 2. The van der Waals surface area contributed by atoms with E-state index < -0.39 is 17.8 Å². The van der Waals surface area contributed by atoms with Crippen LogP contribution in [0.5, 0.6) is 0 Å². The van der Waals surface area contributed by atoms with Gasteiger partial charge >= 0.3 is 6.18 Å². The number of aliphatic hydroxyl groups excluding tert-OH is 1. The summed E-state index contributed by atoms with van der Waals surface area (Å²) in [4.78, 5) is 0.506. The van der Waals surface area contributed by atoms with E-state index in [0.29, 0.717) is 17.0 Å². The van der Waals surface area contributed by atoms with Crippen molar-refractivity contribution in [3.05, 3.63) is 46.0 Å². The molecule has 0 bridgehead atoms. The number of halogens is 3. The summed E-state index contributed by atoms with van der Waals surface area (Å²) < 4.78 is 41.8. The van der Waals surface area contributed by atoms with Crippen LogP contribution in [0.2, 0.25) is 0 Å². The van der Waals surface area contributed by atoms with Crippen LogP contribution in [0.4, 0.5) is 13.2 Å². The Hall–Kier alpha value is -1.47. The minimum atomic E-state index is -4.42. The monoisotopic (exact) mass is 302 g/mol. The molecule has 0 saturated heterocycles. The van der Waals surface area contributed by atoms with Crippen molar-refractivity contribution in [3.63, 3.8) is 0 Å². The molecule has 0 aliphatic heterocycles. The summed E-state index contributed by atoms with van der Waals surface area (Å²) in [5.41, 5.74) is 0.0641. The quantitative estimate of drug-likeness (QED) is 0.938. The number of hydrogen-bond donors (Lipinski definition) is 1. The van der Waals surface area contributed by atoms with Crippen LogP contribution in [-0.4, -0.2) is 14.7 Å². The Morgan fingerprint density at radius 2 is 2.10 bits per heavy atom. The van der Waals surface area contributed by atoms with Gasteiger partial charge in [-0.25, -0.2) is 0 Å². The van der Waals surface area contributed by atoms with Crippen molar-refractivity contribution < 1.29 is 18.3 Å². The minimum absolute atomic E-state index is 0.197. The largest absolute Gasteiger partial charge is 0.416 e. The molecule has 7 heteroatoms. The third-order valence-corrected chi connectivity index (χ3v) is 3.67. The van der Waals surface area contributed by atoms with Gasteiger partial charge in [-0.05, 0) is 35.6 Å². The number of aryl methyl sites for hydroxylation is 1. The maximum atomic E-state index is 12.7. The molecule has 0 saturated carbocycles. The molecular weight excluding hydrogens is 289 g/mol. The number of aliphatic hydroxyl groups is 1. The van der Waals surface area contributed by atoms with Crippen LogP contribution in [0.3, 0.4) is 0 Å². The zero-order valence-electron chi connectivity index (χ0n) is 10.7. The Morgan fingerprint density at radius 3 is 2.75 bits per heavy atom. The van der Waals surface area contributed by atoms with E-state index in [1.807, 2.05) is 6.92 Å². The summed E-state index contributed by atoms with van der Waals surface area (Å²) in [5.74, 6) is 0. The number of nitrogens with zero attached hydrogens (tertiary/aromatic N) is 2. The fourth-order valence-electron chi connectivity index (χ4n) is 1.87. The lowest BCUT2D eigenvalue weighted by molar-refractivity contribution is -0.137. The normalized spacial score (nSPS) is 13.4. The Balaban J connectivity index is 2.33. The second kappa shape index (κ2) is 5.88. The maximum absolute atomic E-state index is 12.7. The number of hydrogen-bond acceptors (Lipinski definition) is 4. The Kier molecular flexibility index (Phi) is 4.39. The Morgan fingerprint density at radius 1 is 1.35 bits per heavy atom. The molecule has 3 nitrogen and oxygen atoms in total. The van der Waals surface area contributed by atoms with E-state index in [-0.39, 0.29) is 5.56 Å². The molecule has 1 heterocycles. The number of rotatable bonds is 4. The lowest BCUT2D eigenvalue weighted by atomic mass is 10.0. The van der Waals surface area contributed by atoms with E-state index in [1.54, 1.807) is 0 Å². The van der Waals surface area contributed by atoms with Gasteiger partial charge in [-0.15, -0.1) is 5.10 Å². The van der Waals surface area contributed by atoms with Crippen LogP contribution >= 0.6 is 11.5 Å². The second-order valence-corrected chi connectivity index (χ2v) is 5.15. The van der Waals surface area contributed by atoms with Crippen LogP contribution in [0.1, 0.15) is 41.1 Å². The molecule has 1 N–H and O–H groups in total. The predicted molar refractivity (Wildman–Crippen MR) is 69.4 cm³/mol. The van der Waals surface area contributed by atoms with E-state index in [1.165, 1.54) is 12.1 Å². The molecule has 0 amide bonds. The molecular formula is C13H13F3N2OS. The van der Waals surface area contributed by atoms with Gasteiger partial charge < -0.3 is 5.11 Å². The molecule has 20 heavy (non-hydrogen) atoms. The van der Waals surface area contributed by atoms with Crippen molar-refractivity contribution in [3.8, 4) is 0 Å². The summed E-state index contributed by atoms with van der Waals surface area (Å²) in [6, 6.07) is 4.69. The van der Waals surface area contributed by atoms with Crippen molar-refractivity contribution in [2.24, 2.45) is 0 Å². The zero-order valence-corrected chi connectivity index (χ0v) is 11.5. The molecule has 1 unspecified atom stereocenters. The van der Waals surface area contributed by atoms with Gasteiger partial charge in [0.2, 0.25) is 0 Å². The first-order valence-electron chi connectivity index (χ1n) is 6.09. The number of benzene rings is 1. The average Bonchev–Trinajstić information content (AvgIpc) is 2.86. The molecule has 0 aliphatic rings. The van der Waals surface area contributed by atoms with E-state index in [2.05, 4.69) is 9.59 Å². The van der Waals surface area contributed by atoms with Gasteiger partial charge in [0.15, 0.2) is 0 Å². The summed E-state index contributed by atoms with van der Waals surface area (Å²) in [5, 5.41) is 14.2. The van der Waals surface area contributed by atoms with Crippen LogP contribution in [0.25, 0.3) is 0 Å². The molecule has 2 rings (SSSR count). The SMILES string of the molecule is CCCc1nnsc1C(O)c1cccc(C(F)(F)F)c1. The van der Waals surface area contributed by atoms with Crippen LogP contribution in [0, 0.1) is 0 Å². The van der Waals surface area contributed by atoms with Gasteiger partial charge in [-0.2, -0.15) is 13.2 Å². The first kappa shape index (κ1) is 14.9. The smallest absolute Gasteiger partial charge is 0.383 e. The van der Waals surface area contributed by atoms with Gasteiger partial charge in [0.25, 0.3) is 0 Å². The molecule has 1 atom stereocenters. The van der Waals surface area contributed by atoms with Crippen molar-refractivity contribution in [1.82, 2.24) is 9.59 Å². The second-order valence-electron chi connectivity index (χ2n) is 4.36. The van der Waals surface area contributed by atoms with Crippen LogP contribution in [0.15, 0.2) is 24.3 Å². The van der Waals surface area contributed by atoms with Gasteiger partial charge in [0, 0.05) is 0 Å². The topological polar surface area (TPSA) is 46.0 Å². The van der Waals surface area contributed by atoms with E-state index in [0.717, 1.165) is 30.1 Å². The standard InChI is InChI=1S/C13H13F3N2OS/c1-2-4-10-12(20-18-17-10)11(19)8-5-3-6-9(7-8)13(14,15)16/h3,5-7,11,19H,2,4H2,1H3.